The van der Waals surface area contributed by atoms with E-state index in [1.165, 1.54) is 17.4 Å². The Bertz CT molecular complexity index is 1480. The molecule has 37 heavy (non-hydrogen) atoms. The van der Waals surface area contributed by atoms with Gasteiger partial charge < -0.3 is 4.90 Å². The molecule has 6 heteroatoms. The van der Waals surface area contributed by atoms with Crippen molar-refractivity contribution in [2.75, 3.05) is 0 Å². The van der Waals surface area contributed by atoms with E-state index in [1.807, 2.05) is 41.3 Å². The van der Waals surface area contributed by atoms with E-state index in [4.69, 9.17) is 11.6 Å². The largest absolute Gasteiger partial charge is 0.330 e. The molecule has 0 atom stereocenters. The molecule has 4 aromatic rings. The zero-order valence-electron chi connectivity index (χ0n) is 20.7. The summed E-state index contributed by atoms with van der Waals surface area (Å²) in [5, 5.41) is 10.6. The summed E-state index contributed by atoms with van der Waals surface area (Å²) in [4.78, 5) is 16.4. The van der Waals surface area contributed by atoms with Crippen LogP contribution in [0.1, 0.15) is 59.8 Å². The monoisotopic (exact) mass is 530 g/mol. The molecule has 5 rings (SSSR count). The maximum Gasteiger partial charge on any atom is 0.266 e. The highest BCUT2D eigenvalue weighted by Gasteiger charge is 2.32. The highest BCUT2D eigenvalue weighted by molar-refractivity contribution is 7.21. The van der Waals surface area contributed by atoms with Crippen LogP contribution in [-0.4, -0.2) is 16.8 Å². The van der Waals surface area contributed by atoms with Crippen LogP contribution in [0.5, 0.6) is 0 Å². The molecule has 0 aliphatic heterocycles. The van der Waals surface area contributed by atoms with Crippen molar-refractivity contribution >= 4 is 38.9 Å². The van der Waals surface area contributed by atoms with E-state index in [9.17, 15) is 10.1 Å². The molecule has 0 unspecified atom stereocenters. The molecule has 3 aromatic carbocycles. The minimum atomic E-state index is -0.345. The minimum Gasteiger partial charge on any atom is -0.330 e. The van der Waals surface area contributed by atoms with Gasteiger partial charge in [-0.3, -0.25) is 4.79 Å². The van der Waals surface area contributed by atoms with Gasteiger partial charge in [-0.2, -0.15) is 5.26 Å². The van der Waals surface area contributed by atoms with Gasteiger partial charge in [0.15, 0.2) is 0 Å². The van der Waals surface area contributed by atoms with E-state index in [-0.39, 0.29) is 24.3 Å². The van der Waals surface area contributed by atoms with Crippen molar-refractivity contribution in [3.05, 3.63) is 93.6 Å². The van der Waals surface area contributed by atoms with E-state index in [0.29, 0.717) is 26.9 Å². The summed E-state index contributed by atoms with van der Waals surface area (Å²) in [5.41, 5.74) is 2.67. The van der Waals surface area contributed by atoms with Crippen molar-refractivity contribution in [1.29, 1.82) is 5.26 Å². The summed E-state index contributed by atoms with van der Waals surface area (Å²) in [5.74, 6) is 0.193. The van der Waals surface area contributed by atoms with Gasteiger partial charge in [0.1, 0.15) is 10.7 Å². The highest BCUT2D eigenvalue weighted by Crippen LogP contribution is 2.38. The van der Waals surface area contributed by atoms with Crippen LogP contribution in [0.4, 0.5) is 4.39 Å². The van der Waals surface area contributed by atoms with E-state index >= 15 is 4.39 Å². The molecular weight excluding hydrogens is 503 g/mol. The van der Waals surface area contributed by atoms with Crippen LogP contribution >= 0.6 is 22.9 Å². The highest BCUT2D eigenvalue weighted by atomic mass is 35.5. The molecule has 0 saturated heterocycles. The van der Waals surface area contributed by atoms with Crippen LogP contribution in [0.15, 0.2) is 66.7 Å². The maximum absolute atomic E-state index is 15.2. The van der Waals surface area contributed by atoms with Gasteiger partial charge in [-0.1, -0.05) is 61.3 Å². The molecule has 1 aliphatic rings. The normalized spacial score (nSPS) is 17.5. The Labute approximate surface area is 226 Å². The molecule has 1 heterocycles. The molecule has 1 aromatic heterocycles. The summed E-state index contributed by atoms with van der Waals surface area (Å²) >= 11 is 8.11. The maximum atomic E-state index is 15.2. The first-order valence-corrected chi connectivity index (χ1v) is 13.9. The van der Waals surface area contributed by atoms with Crippen molar-refractivity contribution in [2.45, 2.75) is 51.6 Å². The Morgan fingerprint density at radius 2 is 1.81 bits per heavy atom. The van der Waals surface area contributed by atoms with Gasteiger partial charge in [0, 0.05) is 28.2 Å². The van der Waals surface area contributed by atoms with Crippen LogP contribution in [-0.2, 0) is 6.54 Å². The summed E-state index contributed by atoms with van der Waals surface area (Å²) in [6.45, 7) is 2.38. The fraction of sp³-hybridized carbons (Fsp3) is 0.290. The Kier molecular flexibility index (Phi) is 7.60. The molecule has 1 fully saturated rings. The molecule has 0 spiro atoms. The number of halogens is 2. The van der Waals surface area contributed by atoms with Crippen molar-refractivity contribution in [3.8, 4) is 17.2 Å². The molecule has 1 saturated carbocycles. The first-order chi connectivity index (χ1) is 18.0. The van der Waals surface area contributed by atoms with E-state index < -0.39 is 0 Å². The number of carbonyl (C=O) groups excluding carboxylic acids is 1. The summed E-state index contributed by atoms with van der Waals surface area (Å²) in [7, 11) is 0. The Balaban J connectivity index is 1.51. The molecule has 0 N–H and O–H groups in total. The van der Waals surface area contributed by atoms with Gasteiger partial charge >= 0.3 is 0 Å². The predicted octanol–water partition coefficient (Wildman–Crippen LogP) is 8.84. The van der Waals surface area contributed by atoms with Crippen LogP contribution in [0, 0.1) is 23.1 Å². The summed E-state index contributed by atoms with van der Waals surface area (Å²) in [6.07, 6.45) is 5.07. The fourth-order valence-electron chi connectivity index (χ4n) is 5.34. The first-order valence-electron chi connectivity index (χ1n) is 12.8. The number of nitrogens with zero attached hydrogens (tertiary/aromatic N) is 2. The Morgan fingerprint density at radius 1 is 1.05 bits per heavy atom. The second-order valence-electron chi connectivity index (χ2n) is 9.76. The average molecular weight is 531 g/mol. The lowest BCUT2D eigenvalue weighted by molar-refractivity contribution is 0.0590. The second kappa shape index (κ2) is 11.0. The zero-order valence-corrected chi connectivity index (χ0v) is 22.3. The van der Waals surface area contributed by atoms with Crippen LogP contribution < -0.4 is 0 Å². The lowest BCUT2D eigenvalue weighted by Crippen LogP contribution is -2.42. The van der Waals surface area contributed by atoms with Gasteiger partial charge in [-0.25, -0.2) is 4.39 Å². The van der Waals surface area contributed by atoms with Crippen molar-refractivity contribution < 1.29 is 9.18 Å². The van der Waals surface area contributed by atoms with E-state index in [0.717, 1.165) is 53.3 Å². The van der Waals surface area contributed by atoms with Gasteiger partial charge in [-0.05, 0) is 73.1 Å². The van der Waals surface area contributed by atoms with Crippen LogP contribution in [0.2, 0.25) is 5.02 Å². The molecule has 1 amide bonds. The molecule has 0 radical (unpaired) electrons. The number of nitriles is 1. The van der Waals surface area contributed by atoms with Gasteiger partial charge in [0.2, 0.25) is 0 Å². The third kappa shape index (κ3) is 5.28. The van der Waals surface area contributed by atoms with E-state index in [2.05, 4.69) is 13.0 Å². The number of hydrogen-bond acceptors (Lipinski definition) is 3. The number of fused-ring (bicyclic) bond motifs is 1. The average Bonchev–Trinajstić information content (AvgIpc) is 3.28. The predicted molar refractivity (Wildman–Crippen MR) is 149 cm³/mol. The number of benzene rings is 3. The van der Waals surface area contributed by atoms with Gasteiger partial charge in [0.25, 0.3) is 5.91 Å². The number of rotatable bonds is 6. The van der Waals surface area contributed by atoms with Gasteiger partial charge in [0.05, 0.1) is 16.7 Å². The van der Waals surface area contributed by atoms with Crippen LogP contribution in [0.25, 0.3) is 21.2 Å². The zero-order chi connectivity index (χ0) is 25.9. The van der Waals surface area contributed by atoms with E-state index in [1.54, 1.807) is 24.3 Å². The summed E-state index contributed by atoms with van der Waals surface area (Å²) in [6, 6.07) is 22.2. The van der Waals surface area contributed by atoms with Crippen LogP contribution in [0.3, 0.4) is 0 Å². The second-order valence-corrected chi connectivity index (χ2v) is 11.2. The van der Waals surface area contributed by atoms with Crippen molar-refractivity contribution in [2.24, 2.45) is 5.92 Å². The third-order valence-corrected chi connectivity index (χ3v) is 9.20. The molecule has 1 aliphatic carbocycles. The lowest BCUT2D eigenvalue weighted by Gasteiger charge is -2.37. The quantitative estimate of drug-likeness (QED) is 0.250. The molecule has 0 bridgehead atoms. The minimum absolute atomic E-state index is 0.0292. The number of carbonyl (C=O) groups is 1. The van der Waals surface area contributed by atoms with Gasteiger partial charge in [-0.15, -0.1) is 11.3 Å². The molecule has 188 valence electrons. The number of hydrogen-bond donors (Lipinski definition) is 0. The third-order valence-electron chi connectivity index (χ3n) is 7.54. The Hall–Kier alpha value is -3.20. The lowest BCUT2D eigenvalue weighted by atomic mass is 9.83. The molecule has 3 nitrogen and oxygen atoms in total. The first kappa shape index (κ1) is 25.4. The Morgan fingerprint density at radius 3 is 2.54 bits per heavy atom. The number of thiophene rings is 1. The smallest absolute Gasteiger partial charge is 0.266 e. The van der Waals surface area contributed by atoms with Crippen molar-refractivity contribution in [3.63, 3.8) is 0 Å². The fourth-order valence-corrected chi connectivity index (χ4v) is 6.81. The summed E-state index contributed by atoms with van der Waals surface area (Å²) < 4.78 is 16.1. The SMILES string of the molecule is CCC1CCC(N(Cc2cc(-c3cccc(C#N)c3)ccc2F)C(=O)c2sc3ccccc3c2Cl)CC1. The standard InChI is InChI=1S/C31H28ClFN2OS/c1-2-20-10-13-25(14-11-20)35(31(36)30-29(32)26-8-3-4-9-28(26)37-30)19-24-17-23(12-15-27(24)33)22-7-5-6-21(16-22)18-34/h3-9,12,15-17,20,25H,2,10-11,13-14,19H2,1H3. The topological polar surface area (TPSA) is 44.1 Å². The number of amides is 1. The molecular formula is C31H28ClFN2OS. The van der Waals surface area contributed by atoms with Crippen molar-refractivity contribution in [1.82, 2.24) is 4.90 Å².